The third-order valence-corrected chi connectivity index (χ3v) is 8.89. The molecule has 3 heterocycles. The Hall–Kier alpha value is -6.00. The Morgan fingerprint density at radius 1 is 0.364 bits per heavy atom. The highest BCUT2D eigenvalue weighted by atomic mass is 16.3. The lowest BCUT2D eigenvalue weighted by Crippen LogP contribution is -1.89. The van der Waals surface area contributed by atoms with E-state index in [1.165, 1.54) is 10.8 Å². The molecule has 0 spiro atoms. The van der Waals surface area contributed by atoms with Gasteiger partial charge in [-0.1, -0.05) is 115 Å². The number of rotatable bonds is 2. The van der Waals surface area contributed by atoms with E-state index in [2.05, 4.69) is 115 Å². The summed E-state index contributed by atoms with van der Waals surface area (Å²) in [4.78, 5) is 10.3. The molecule has 0 bridgehead atoms. The Balaban J connectivity index is 1.12. The lowest BCUT2D eigenvalue weighted by atomic mass is 9.98. The molecule has 0 saturated heterocycles. The van der Waals surface area contributed by atoms with Crippen molar-refractivity contribution >= 4 is 76.7 Å². The van der Waals surface area contributed by atoms with Crippen LogP contribution in [0, 0.1) is 0 Å². The van der Waals surface area contributed by atoms with Crippen LogP contribution in [-0.2, 0) is 0 Å². The average Bonchev–Trinajstić information content (AvgIpc) is 3.65. The molecule has 0 radical (unpaired) electrons. The van der Waals surface area contributed by atoms with E-state index in [1.54, 1.807) is 0 Å². The van der Waals surface area contributed by atoms with Gasteiger partial charge in [-0.25, -0.2) is 9.97 Å². The van der Waals surface area contributed by atoms with Gasteiger partial charge in [0.25, 0.3) is 0 Å². The first-order valence-corrected chi connectivity index (χ1v) is 14.7. The van der Waals surface area contributed by atoms with E-state index in [1.807, 2.05) is 18.2 Å². The average molecular weight is 563 g/mol. The zero-order chi connectivity index (χ0) is 28.8. The standard InChI is InChI=1S/C40H22N2O2/c1-3-11-30-27(8-1)28-9-2-4-12-31(28)37-36(30)41-38-33-22-25(20-21-35(33)44-40(38)42-37)23-16-18-24(19-17-23)26-13-7-14-32-29-10-5-6-15-34(29)43-39(26)32/h1-22H. The molecule has 4 nitrogen and oxygen atoms in total. The molecule has 10 aromatic rings. The van der Waals surface area contributed by atoms with Gasteiger partial charge in [0.1, 0.15) is 27.8 Å². The summed E-state index contributed by atoms with van der Waals surface area (Å²) in [6, 6.07) is 46.3. The van der Waals surface area contributed by atoms with Crippen LogP contribution in [0.15, 0.2) is 142 Å². The number of hydrogen-bond donors (Lipinski definition) is 0. The molecule has 0 N–H and O–H groups in total. The maximum absolute atomic E-state index is 6.29. The Morgan fingerprint density at radius 3 is 1.73 bits per heavy atom. The Kier molecular flexibility index (Phi) is 4.69. The highest BCUT2D eigenvalue weighted by Gasteiger charge is 2.17. The molecule has 0 aliphatic carbocycles. The van der Waals surface area contributed by atoms with Crippen molar-refractivity contribution in [2.24, 2.45) is 0 Å². The summed E-state index contributed by atoms with van der Waals surface area (Å²) in [6.07, 6.45) is 0. The minimum absolute atomic E-state index is 0.555. The molecule has 7 aromatic carbocycles. The van der Waals surface area contributed by atoms with Gasteiger partial charge >= 0.3 is 0 Å². The van der Waals surface area contributed by atoms with Crippen LogP contribution >= 0.6 is 0 Å². The second-order valence-corrected chi connectivity index (χ2v) is 11.3. The number of nitrogens with zero attached hydrogens (tertiary/aromatic N) is 2. The lowest BCUT2D eigenvalue weighted by molar-refractivity contribution is 0.655. The Morgan fingerprint density at radius 2 is 0.955 bits per heavy atom. The van der Waals surface area contributed by atoms with Gasteiger partial charge in [-0.2, -0.15) is 0 Å². The first-order valence-electron chi connectivity index (χ1n) is 14.7. The SMILES string of the molecule is c1ccc2c(c1)oc1c(-c3ccc(-c4ccc5oc6nc7c8ccccc8c8ccccc8c7nc6c5c4)cc3)cccc12. The van der Waals surface area contributed by atoms with Crippen LogP contribution in [-0.4, -0.2) is 9.97 Å². The normalized spacial score (nSPS) is 12.1. The number of para-hydroxylation sites is 2. The summed E-state index contributed by atoms with van der Waals surface area (Å²) in [5, 5.41) is 7.75. The topological polar surface area (TPSA) is 52.1 Å². The molecule has 0 fully saturated rings. The zero-order valence-electron chi connectivity index (χ0n) is 23.4. The maximum atomic E-state index is 6.29. The third kappa shape index (κ3) is 3.28. The fourth-order valence-corrected chi connectivity index (χ4v) is 6.80. The van der Waals surface area contributed by atoms with Crippen LogP contribution < -0.4 is 0 Å². The van der Waals surface area contributed by atoms with Crippen molar-refractivity contribution in [3.8, 4) is 22.3 Å². The molecule has 0 aliphatic heterocycles. The summed E-state index contributed by atoms with van der Waals surface area (Å²) in [5.74, 6) is 0. The molecule has 0 amide bonds. The van der Waals surface area contributed by atoms with Crippen molar-refractivity contribution in [3.63, 3.8) is 0 Å². The van der Waals surface area contributed by atoms with Gasteiger partial charge in [0.15, 0.2) is 0 Å². The van der Waals surface area contributed by atoms with Gasteiger partial charge < -0.3 is 8.83 Å². The molecule has 204 valence electrons. The Bertz CT molecular complexity index is 2770. The number of hydrogen-bond acceptors (Lipinski definition) is 4. The van der Waals surface area contributed by atoms with E-state index in [-0.39, 0.29) is 0 Å². The summed E-state index contributed by atoms with van der Waals surface area (Å²) in [5.41, 5.74) is 10.1. The van der Waals surface area contributed by atoms with Crippen molar-refractivity contribution in [2.75, 3.05) is 0 Å². The van der Waals surface area contributed by atoms with Crippen molar-refractivity contribution in [1.29, 1.82) is 0 Å². The van der Waals surface area contributed by atoms with Crippen LogP contribution in [0.25, 0.3) is 99.0 Å². The van der Waals surface area contributed by atoms with Gasteiger partial charge in [0.05, 0.1) is 5.52 Å². The predicted molar refractivity (Wildman–Crippen MR) is 180 cm³/mol. The highest BCUT2D eigenvalue weighted by Crippen LogP contribution is 2.39. The van der Waals surface area contributed by atoms with Gasteiger partial charge in [-0.3, -0.25) is 0 Å². The molecule has 3 aromatic heterocycles. The minimum atomic E-state index is 0.555. The fourth-order valence-electron chi connectivity index (χ4n) is 6.80. The van der Waals surface area contributed by atoms with Crippen LogP contribution in [0.5, 0.6) is 0 Å². The van der Waals surface area contributed by atoms with Gasteiger partial charge in [0, 0.05) is 32.5 Å². The zero-order valence-corrected chi connectivity index (χ0v) is 23.4. The summed E-state index contributed by atoms with van der Waals surface area (Å²) in [7, 11) is 0. The third-order valence-electron chi connectivity index (χ3n) is 8.89. The molecule has 0 unspecified atom stereocenters. The van der Waals surface area contributed by atoms with Crippen LogP contribution in [0.1, 0.15) is 0 Å². The first kappa shape index (κ1) is 23.6. The molecule has 4 heteroatoms. The largest absolute Gasteiger partial charge is 0.455 e. The van der Waals surface area contributed by atoms with E-state index >= 15 is 0 Å². The van der Waals surface area contributed by atoms with Crippen molar-refractivity contribution in [3.05, 3.63) is 133 Å². The van der Waals surface area contributed by atoms with E-state index < -0.39 is 0 Å². The van der Waals surface area contributed by atoms with E-state index in [9.17, 15) is 0 Å². The predicted octanol–water partition coefficient (Wildman–Crippen LogP) is 11.1. The Labute approximate surface area is 250 Å². The molecule has 44 heavy (non-hydrogen) atoms. The summed E-state index contributed by atoms with van der Waals surface area (Å²) in [6.45, 7) is 0. The van der Waals surface area contributed by atoms with Crippen molar-refractivity contribution in [2.45, 2.75) is 0 Å². The van der Waals surface area contributed by atoms with Gasteiger partial charge in [-0.15, -0.1) is 0 Å². The maximum Gasteiger partial charge on any atom is 0.246 e. The highest BCUT2D eigenvalue weighted by molar-refractivity contribution is 6.24. The molecule has 0 atom stereocenters. The van der Waals surface area contributed by atoms with Crippen molar-refractivity contribution in [1.82, 2.24) is 9.97 Å². The van der Waals surface area contributed by atoms with E-state index in [0.29, 0.717) is 5.71 Å². The van der Waals surface area contributed by atoms with Crippen LogP contribution in [0.4, 0.5) is 0 Å². The molecular weight excluding hydrogens is 540 g/mol. The van der Waals surface area contributed by atoms with Gasteiger partial charge in [-0.05, 0) is 45.7 Å². The second-order valence-electron chi connectivity index (χ2n) is 11.3. The van der Waals surface area contributed by atoms with E-state index in [4.69, 9.17) is 18.8 Å². The molecule has 0 saturated carbocycles. The number of aromatic nitrogens is 2. The quantitative estimate of drug-likeness (QED) is 0.197. The van der Waals surface area contributed by atoms with Crippen LogP contribution in [0.2, 0.25) is 0 Å². The first-order chi connectivity index (χ1) is 21.8. The van der Waals surface area contributed by atoms with Crippen LogP contribution in [0.3, 0.4) is 0 Å². The molecular formula is C40H22N2O2. The molecule has 0 aliphatic rings. The fraction of sp³-hybridized carbons (Fsp3) is 0. The number of fused-ring (bicyclic) bond motifs is 12. The monoisotopic (exact) mass is 562 g/mol. The molecule has 10 rings (SSSR count). The van der Waals surface area contributed by atoms with Crippen molar-refractivity contribution < 1.29 is 8.83 Å². The van der Waals surface area contributed by atoms with E-state index in [0.717, 1.165) is 82.5 Å². The number of furan rings is 2. The second kappa shape index (κ2) is 8.76. The smallest absolute Gasteiger partial charge is 0.246 e. The summed E-state index contributed by atoms with van der Waals surface area (Å²) >= 11 is 0. The summed E-state index contributed by atoms with van der Waals surface area (Å²) < 4.78 is 12.6. The lowest BCUT2D eigenvalue weighted by Gasteiger charge is -2.08. The number of benzene rings is 7. The minimum Gasteiger partial charge on any atom is -0.455 e. The van der Waals surface area contributed by atoms with Gasteiger partial charge in [0.2, 0.25) is 5.71 Å².